The number of carbonyl (C=O) groups is 3. The molecule has 0 aromatic heterocycles. The van der Waals surface area contributed by atoms with E-state index in [4.69, 9.17) is 10.5 Å². The smallest absolute Gasteiger partial charge is 0.252 e. The summed E-state index contributed by atoms with van der Waals surface area (Å²) >= 11 is 0. The Labute approximate surface area is 168 Å². The van der Waals surface area contributed by atoms with Crippen molar-refractivity contribution in [2.24, 2.45) is 5.73 Å². The summed E-state index contributed by atoms with van der Waals surface area (Å²) in [6.07, 6.45) is -3.47. The van der Waals surface area contributed by atoms with Crippen molar-refractivity contribution in [2.45, 2.75) is 56.1 Å². The molecule has 3 amide bonds. The first kappa shape index (κ1) is 22.6. The molecule has 160 valence electrons. The third-order valence-electron chi connectivity index (χ3n) is 4.97. The van der Waals surface area contributed by atoms with Crippen molar-refractivity contribution >= 4 is 17.7 Å². The molecule has 1 saturated carbocycles. The highest BCUT2D eigenvalue weighted by atomic mass is 16.5. The molecule has 0 spiro atoms. The number of ether oxygens (including phenoxy) is 1. The molecule has 0 bridgehead atoms. The van der Waals surface area contributed by atoms with Gasteiger partial charge in [-0.05, 0) is 17.7 Å². The maximum atomic E-state index is 12.7. The highest BCUT2D eigenvalue weighted by Crippen LogP contribution is 2.30. The van der Waals surface area contributed by atoms with E-state index in [9.17, 15) is 29.7 Å². The van der Waals surface area contributed by atoms with Crippen LogP contribution in [0.3, 0.4) is 0 Å². The van der Waals surface area contributed by atoms with Crippen LogP contribution in [0.2, 0.25) is 0 Å². The lowest BCUT2D eigenvalue weighted by Gasteiger charge is -2.41. The van der Waals surface area contributed by atoms with Crippen LogP contribution in [0.25, 0.3) is 0 Å². The molecule has 0 radical (unpaired) electrons. The SMILES string of the molecule is COc1ccc(C[C@H](NC(=O)[C@@]2(O)C[C@@H](O)[C@H](O)[C@H](NC(C)=O)C2)C(N)=O)cc1. The highest BCUT2D eigenvalue weighted by molar-refractivity contribution is 5.91. The van der Waals surface area contributed by atoms with Crippen LogP contribution in [0.5, 0.6) is 5.75 Å². The number of nitrogens with one attached hydrogen (secondary N) is 2. The Morgan fingerprint density at radius 1 is 1.24 bits per heavy atom. The van der Waals surface area contributed by atoms with Crippen molar-refractivity contribution in [3.8, 4) is 5.75 Å². The molecule has 1 aliphatic carbocycles. The van der Waals surface area contributed by atoms with Gasteiger partial charge in [0.05, 0.1) is 19.3 Å². The lowest BCUT2D eigenvalue weighted by Crippen LogP contribution is -2.64. The van der Waals surface area contributed by atoms with Crippen molar-refractivity contribution in [3.63, 3.8) is 0 Å². The van der Waals surface area contributed by atoms with E-state index in [0.29, 0.717) is 11.3 Å². The summed E-state index contributed by atoms with van der Waals surface area (Å²) in [6.45, 7) is 1.21. The summed E-state index contributed by atoms with van der Waals surface area (Å²) in [5, 5.41) is 35.6. The van der Waals surface area contributed by atoms with Crippen LogP contribution in [-0.2, 0) is 20.8 Å². The maximum absolute atomic E-state index is 12.7. The first-order valence-electron chi connectivity index (χ1n) is 9.14. The van der Waals surface area contributed by atoms with Crippen molar-refractivity contribution in [2.75, 3.05) is 7.11 Å². The molecule has 1 aromatic carbocycles. The lowest BCUT2D eigenvalue weighted by atomic mass is 9.77. The van der Waals surface area contributed by atoms with Gasteiger partial charge >= 0.3 is 0 Å². The van der Waals surface area contributed by atoms with Crippen LogP contribution in [0, 0.1) is 0 Å². The van der Waals surface area contributed by atoms with Crippen LogP contribution in [0.15, 0.2) is 24.3 Å². The Hall–Kier alpha value is -2.69. The second kappa shape index (κ2) is 9.21. The Balaban J connectivity index is 2.12. The molecule has 1 fully saturated rings. The van der Waals surface area contributed by atoms with Crippen molar-refractivity contribution in [3.05, 3.63) is 29.8 Å². The van der Waals surface area contributed by atoms with Gasteiger partial charge in [0.15, 0.2) is 0 Å². The summed E-state index contributed by atoms with van der Waals surface area (Å²) in [5.74, 6) is -1.58. The number of aliphatic hydroxyl groups is 3. The topological polar surface area (TPSA) is 171 Å². The minimum Gasteiger partial charge on any atom is -0.497 e. The largest absolute Gasteiger partial charge is 0.497 e. The van der Waals surface area contributed by atoms with Gasteiger partial charge in [0.1, 0.15) is 23.5 Å². The quantitative estimate of drug-likeness (QED) is 0.301. The van der Waals surface area contributed by atoms with E-state index in [1.807, 2.05) is 0 Å². The summed E-state index contributed by atoms with van der Waals surface area (Å²) < 4.78 is 5.07. The molecular formula is C19H27N3O7. The monoisotopic (exact) mass is 409 g/mol. The standard InChI is InChI=1S/C19H27N3O7/c1-10(23)21-14-8-19(28,9-15(24)16(14)25)18(27)22-13(17(20)26)7-11-3-5-12(29-2)6-4-11/h3-6,13-16,24-25,28H,7-9H2,1-2H3,(H2,20,26)(H,21,23)(H,22,27)/t13-,14+,15+,16+,19-/m0/s1. The van der Waals surface area contributed by atoms with E-state index >= 15 is 0 Å². The number of methoxy groups -OCH3 is 1. The first-order valence-corrected chi connectivity index (χ1v) is 9.14. The van der Waals surface area contributed by atoms with Crippen LogP contribution in [0.1, 0.15) is 25.3 Å². The van der Waals surface area contributed by atoms with Crippen LogP contribution >= 0.6 is 0 Å². The predicted octanol–water partition coefficient (Wildman–Crippen LogP) is -2.04. The molecule has 10 nitrogen and oxygen atoms in total. The normalized spacial score (nSPS) is 27.6. The van der Waals surface area contributed by atoms with Gasteiger partial charge in [-0.1, -0.05) is 12.1 Å². The average Bonchev–Trinajstić information content (AvgIpc) is 2.65. The number of aliphatic hydroxyl groups excluding tert-OH is 2. The van der Waals surface area contributed by atoms with Gasteiger partial charge in [-0.25, -0.2) is 0 Å². The number of primary amides is 1. The molecule has 0 unspecified atom stereocenters. The van der Waals surface area contributed by atoms with Gasteiger partial charge < -0.3 is 36.4 Å². The van der Waals surface area contributed by atoms with E-state index in [0.717, 1.165) is 0 Å². The van der Waals surface area contributed by atoms with Gasteiger partial charge in [-0.3, -0.25) is 14.4 Å². The van der Waals surface area contributed by atoms with Crippen LogP contribution in [0.4, 0.5) is 0 Å². The number of rotatable bonds is 7. The molecule has 1 aromatic rings. The highest BCUT2D eigenvalue weighted by Gasteiger charge is 2.49. The van der Waals surface area contributed by atoms with Gasteiger partial charge in [0.25, 0.3) is 5.91 Å². The van der Waals surface area contributed by atoms with Gasteiger partial charge in [-0.15, -0.1) is 0 Å². The number of benzene rings is 1. The number of carbonyl (C=O) groups excluding carboxylic acids is 3. The summed E-state index contributed by atoms with van der Waals surface area (Å²) in [6, 6.07) is 4.68. The molecule has 29 heavy (non-hydrogen) atoms. The van der Waals surface area contributed by atoms with Crippen LogP contribution in [-0.4, -0.2) is 70.0 Å². The fourth-order valence-corrected chi connectivity index (χ4v) is 3.40. The van der Waals surface area contributed by atoms with E-state index < -0.39 is 54.0 Å². The molecule has 2 rings (SSSR count). The molecule has 1 aliphatic rings. The van der Waals surface area contributed by atoms with Crippen molar-refractivity contribution < 1.29 is 34.4 Å². The summed E-state index contributed by atoms with van der Waals surface area (Å²) in [4.78, 5) is 35.9. The second-order valence-electron chi connectivity index (χ2n) is 7.29. The maximum Gasteiger partial charge on any atom is 0.252 e. The summed E-state index contributed by atoms with van der Waals surface area (Å²) in [7, 11) is 1.52. The van der Waals surface area contributed by atoms with E-state index in [2.05, 4.69) is 10.6 Å². The fraction of sp³-hybridized carbons (Fsp3) is 0.526. The van der Waals surface area contributed by atoms with Gasteiger partial charge in [-0.2, -0.15) is 0 Å². The number of nitrogens with two attached hydrogens (primary N) is 1. The number of amides is 3. The Morgan fingerprint density at radius 3 is 2.38 bits per heavy atom. The van der Waals surface area contributed by atoms with Crippen molar-refractivity contribution in [1.82, 2.24) is 10.6 Å². The zero-order valence-corrected chi connectivity index (χ0v) is 16.3. The van der Waals surface area contributed by atoms with Gasteiger partial charge in [0.2, 0.25) is 11.8 Å². The first-order chi connectivity index (χ1) is 13.6. The zero-order valence-electron chi connectivity index (χ0n) is 16.3. The lowest BCUT2D eigenvalue weighted by molar-refractivity contribution is -0.160. The number of hydrogen-bond acceptors (Lipinski definition) is 7. The number of hydrogen-bond donors (Lipinski definition) is 6. The fourth-order valence-electron chi connectivity index (χ4n) is 3.40. The molecule has 0 heterocycles. The molecule has 0 saturated heterocycles. The van der Waals surface area contributed by atoms with Crippen molar-refractivity contribution in [1.29, 1.82) is 0 Å². The molecule has 7 N–H and O–H groups in total. The molecule has 10 heteroatoms. The third kappa shape index (κ3) is 5.66. The van der Waals surface area contributed by atoms with Gasteiger partial charge in [0, 0.05) is 26.2 Å². The minimum absolute atomic E-state index is 0.0848. The zero-order chi connectivity index (χ0) is 21.8. The third-order valence-corrected chi connectivity index (χ3v) is 4.97. The summed E-state index contributed by atoms with van der Waals surface area (Å²) in [5.41, 5.74) is 4.01. The van der Waals surface area contributed by atoms with E-state index in [-0.39, 0.29) is 12.8 Å². The molecule has 5 atom stereocenters. The van der Waals surface area contributed by atoms with Crippen LogP contribution < -0.4 is 21.1 Å². The minimum atomic E-state index is -2.10. The average molecular weight is 409 g/mol. The molecular weight excluding hydrogens is 382 g/mol. The Kier molecular flexibility index (Phi) is 7.17. The Morgan fingerprint density at radius 2 is 1.86 bits per heavy atom. The van der Waals surface area contributed by atoms with E-state index in [1.165, 1.54) is 14.0 Å². The Bertz CT molecular complexity index is 755. The van der Waals surface area contributed by atoms with E-state index in [1.54, 1.807) is 24.3 Å². The second-order valence-corrected chi connectivity index (χ2v) is 7.29. The molecule has 0 aliphatic heterocycles. The predicted molar refractivity (Wildman–Crippen MR) is 102 cm³/mol.